The van der Waals surface area contributed by atoms with E-state index in [-0.39, 0.29) is 12.6 Å². The minimum Gasteiger partial charge on any atom is -0.496 e. The van der Waals surface area contributed by atoms with Crippen LogP contribution in [0, 0.1) is 0 Å². The van der Waals surface area contributed by atoms with Crippen molar-refractivity contribution in [2.45, 2.75) is 52.3 Å². The van der Waals surface area contributed by atoms with Crippen LogP contribution in [0.2, 0.25) is 0 Å². The number of nitrogen functional groups attached to an aromatic ring is 1. The fourth-order valence-corrected chi connectivity index (χ4v) is 3.77. The Kier molecular flexibility index (Phi) is 8.65. The maximum absolute atomic E-state index is 9.88. The molecule has 34 heavy (non-hydrogen) atoms. The van der Waals surface area contributed by atoms with Gasteiger partial charge in [-0.2, -0.15) is 10.1 Å². The van der Waals surface area contributed by atoms with Crippen molar-refractivity contribution < 1.29 is 14.9 Å². The number of nitrogens with two attached hydrogens (primary N) is 1. The Morgan fingerprint density at radius 1 is 1.24 bits per heavy atom. The molecule has 3 rings (SSSR count). The zero-order chi connectivity index (χ0) is 24.7. The maximum atomic E-state index is 9.88. The van der Waals surface area contributed by atoms with E-state index >= 15 is 0 Å². The van der Waals surface area contributed by atoms with Crippen molar-refractivity contribution in [2.75, 3.05) is 44.0 Å². The predicted octanol–water partition coefficient (Wildman–Crippen LogP) is 1.92. The summed E-state index contributed by atoms with van der Waals surface area (Å²) in [5.74, 6) is 1.59. The Balaban J connectivity index is 1.84. The van der Waals surface area contributed by atoms with E-state index in [4.69, 9.17) is 15.6 Å². The zero-order valence-corrected chi connectivity index (χ0v) is 20.6. The van der Waals surface area contributed by atoms with E-state index in [9.17, 15) is 10.2 Å². The zero-order valence-electron chi connectivity index (χ0n) is 20.6. The van der Waals surface area contributed by atoms with Crippen LogP contribution >= 0.6 is 0 Å². The normalized spacial score (nSPS) is 11.8. The summed E-state index contributed by atoms with van der Waals surface area (Å²) in [6.45, 7) is 8.51. The van der Waals surface area contributed by atoms with Crippen molar-refractivity contribution in [1.82, 2.24) is 25.1 Å². The summed E-state index contributed by atoms with van der Waals surface area (Å²) in [6, 6.07) is 6.05. The number of rotatable bonds is 13. The molecule has 0 aliphatic heterocycles. The maximum Gasteiger partial charge on any atom is 0.222 e. The van der Waals surface area contributed by atoms with Crippen molar-refractivity contribution in [2.24, 2.45) is 0 Å². The lowest BCUT2D eigenvalue weighted by molar-refractivity contribution is 0.0795. The third kappa shape index (κ3) is 6.78. The third-order valence-corrected chi connectivity index (χ3v) is 5.43. The molecule has 0 atom stereocenters. The number of unbranched alkanes of at least 4 members (excludes halogenated alkanes) is 1. The number of nitrogens with one attached hydrogen (secondary N) is 1. The van der Waals surface area contributed by atoms with Gasteiger partial charge in [-0.05, 0) is 31.9 Å². The first-order valence-electron chi connectivity index (χ1n) is 11.7. The van der Waals surface area contributed by atoms with Gasteiger partial charge in [0.2, 0.25) is 5.95 Å². The summed E-state index contributed by atoms with van der Waals surface area (Å²) < 4.78 is 7.44. The monoisotopic (exact) mass is 471 g/mol. The van der Waals surface area contributed by atoms with Crippen molar-refractivity contribution in [3.63, 3.8) is 0 Å². The lowest BCUT2D eigenvalue weighted by atomic mass is 10.1. The molecule has 0 aliphatic rings. The molecule has 0 unspecified atom stereocenters. The molecule has 0 fully saturated rings. The molecule has 2 aromatic heterocycles. The highest BCUT2D eigenvalue weighted by Gasteiger charge is 2.18. The van der Waals surface area contributed by atoms with E-state index in [1.54, 1.807) is 21.0 Å². The fraction of sp³-hybridized carbons (Fsp3) is 0.542. The molecule has 10 heteroatoms. The van der Waals surface area contributed by atoms with Crippen LogP contribution in [0.25, 0.3) is 11.0 Å². The first kappa shape index (κ1) is 25.7. The van der Waals surface area contributed by atoms with Crippen LogP contribution in [-0.2, 0) is 13.1 Å². The quantitative estimate of drug-likeness (QED) is 0.295. The molecule has 2 heterocycles. The lowest BCUT2D eigenvalue weighted by Crippen LogP contribution is -2.34. The fourth-order valence-electron chi connectivity index (χ4n) is 3.77. The summed E-state index contributed by atoms with van der Waals surface area (Å²) in [6.07, 6.45) is 3.86. The average molecular weight is 472 g/mol. The van der Waals surface area contributed by atoms with Crippen LogP contribution in [0.5, 0.6) is 5.75 Å². The number of methoxy groups -OCH3 is 1. The number of hydrogen-bond donors (Lipinski definition) is 4. The summed E-state index contributed by atoms with van der Waals surface area (Å²) in [7, 11) is 1.65. The largest absolute Gasteiger partial charge is 0.496 e. The minimum atomic E-state index is -0.763. The number of benzene rings is 1. The van der Waals surface area contributed by atoms with Gasteiger partial charge in [-0.3, -0.25) is 4.68 Å². The highest BCUT2D eigenvalue weighted by atomic mass is 16.5. The van der Waals surface area contributed by atoms with E-state index in [1.807, 2.05) is 34.0 Å². The molecule has 0 saturated carbocycles. The molecular formula is C24H37N7O3. The first-order chi connectivity index (χ1) is 16.2. The van der Waals surface area contributed by atoms with Crippen LogP contribution in [-0.4, -0.2) is 68.9 Å². The SMILES string of the molecule is CCCCN(CCO)c1nc(N)nc2cn(Cc3ccc(CNCC(C)(C)O)cc3OC)nc12. The number of nitrogens with zero attached hydrogens (tertiary/aromatic N) is 5. The molecule has 5 N–H and O–H groups in total. The van der Waals surface area contributed by atoms with Gasteiger partial charge in [0.1, 0.15) is 11.3 Å². The highest BCUT2D eigenvalue weighted by molar-refractivity contribution is 5.86. The van der Waals surface area contributed by atoms with Crippen molar-refractivity contribution in [3.05, 3.63) is 35.5 Å². The molecule has 0 amide bonds. The van der Waals surface area contributed by atoms with Gasteiger partial charge in [-0.1, -0.05) is 25.5 Å². The Bertz CT molecular complexity index is 1080. The average Bonchev–Trinajstić information content (AvgIpc) is 3.18. The van der Waals surface area contributed by atoms with Crippen LogP contribution in [0.4, 0.5) is 11.8 Å². The van der Waals surface area contributed by atoms with Gasteiger partial charge >= 0.3 is 0 Å². The van der Waals surface area contributed by atoms with Crippen molar-refractivity contribution in [3.8, 4) is 5.75 Å². The molecule has 0 bridgehead atoms. The molecular weight excluding hydrogens is 434 g/mol. The topological polar surface area (TPSA) is 135 Å². The van der Waals surface area contributed by atoms with Gasteiger partial charge < -0.3 is 30.9 Å². The van der Waals surface area contributed by atoms with Crippen LogP contribution < -0.4 is 20.7 Å². The van der Waals surface area contributed by atoms with Crippen molar-refractivity contribution >= 4 is 22.8 Å². The summed E-state index contributed by atoms with van der Waals surface area (Å²) in [5.41, 5.74) is 8.58. The molecule has 1 aromatic carbocycles. The Labute approximate surface area is 200 Å². The number of aromatic nitrogens is 4. The van der Waals surface area contributed by atoms with Gasteiger partial charge in [-0.15, -0.1) is 0 Å². The number of ether oxygens (including phenoxy) is 1. The number of anilines is 2. The second kappa shape index (κ2) is 11.5. The van der Waals surface area contributed by atoms with E-state index in [0.29, 0.717) is 43.0 Å². The summed E-state index contributed by atoms with van der Waals surface area (Å²) in [4.78, 5) is 10.8. The van der Waals surface area contributed by atoms with E-state index in [1.165, 1.54) is 0 Å². The summed E-state index contributed by atoms with van der Waals surface area (Å²) in [5, 5.41) is 27.4. The van der Waals surface area contributed by atoms with Crippen LogP contribution in [0.1, 0.15) is 44.7 Å². The Hall–Kier alpha value is -2.95. The van der Waals surface area contributed by atoms with E-state index in [2.05, 4.69) is 22.2 Å². The molecule has 0 radical (unpaired) electrons. The molecule has 0 spiro atoms. The van der Waals surface area contributed by atoms with Crippen molar-refractivity contribution in [1.29, 1.82) is 0 Å². The highest BCUT2D eigenvalue weighted by Crippen LogP contribution is 2.26. The molecule has 3 aromatic rings. The standard InChI is InChI=1S/C24H37N7O3/c1-5-6-9-30(10-11-32)22-21-19(27-23(25)28-22)15-31(29-21)14-18-8-7-17(12-20(18)34-4)13-26-16-24(2,3)33/h7-8,12,15,26,32-33H,5-6,9-11,13-14,16H2,1-4H3,(H2,25,27). The molecule has 0 aliphatic carbocycles. The van der Waals surface area contributed by atoms with Gasteiger partial charge in [0, 0.05) is 31.7 Å². The van der Waals surface area contributed by atoms with Gasteiger partial charge in [0.25, 0.3) is 0 Å². The molecule has 186 valence electrons. The van der Waals surface area contributed by atoms with Gasteiger partial charge in [0.15, 0.2) is 11.3 Å². The number of aliphatic hydroxyl groups excluding tert-OH is 1. The second-order valence-corrected chi connectivity index (χ2v) is 9.09. The molecule has 10 nitrogen and oxygen atoms in total. The number of fused-ring (bicyclic) bond motifs is 1. The minimum absolute atomic E-state index is 0.0179. The van der Waals surface area contributed by atoms with Crippen LogP contribution in [0.15, 0.2) is 24.4 Å². The first-order valence-corrected chi connectivity index (χ1v) is 11.7. The van der Waals surface area contributed by atoms with E-state index < -0.39 is 5.60 Å². The number of hydrogen-bond acceptors (Lipinski definition) is 9. The summed E-state index contributed by atoms with van der Waals surface area (Å²) >= 11 is 0. The van der Waals surface area contributed by atoms with Crippen LogP contribution in [0.3, 0.4) is 0 Å². The predicted molar refractivity (Wildman–Crippen MR) is 134 cm³/mol. The second-order valence-electron chi connectivity index (χ2n) is 9.09. The number of aliphatic hydroxyl groups is 2. The Morgan fingerprint density at radius 2 is 2.03 bits per heavy atom. The third-order valence-electron chi connectivity index (χ3n) is 5.43. The Morgan fingerprint density at radius 3 is 2.71 bits per heavy atom. The van der Waals surface area contributed by atoms with Gasteiger partial charge in [0.05, 0.1) is 32.1 Å². The van der Waals surface area contributed by atoms with Gasteiger partial charge in [-0.25, -0.2) is 4.98 Å². The van der Waals surface area contributed by atoms with E-state index in [0.717, 1.165) is 36.3 Å². The lowest BCUT2D eigenvalue weighted by Gasteiger charge is -2.22. The smallest absolute Gasteiger partial charge is 0.222 e. The molecule has 0 saturated heterocycles.